The molecule has 0 radical (unpaired) electrons. The van der Waals surface area contributed by atoms with Crippen LogP contribution in [-0.2, 0) is 0 Å². The number of carbonyl (C=O) groups is 2. The lowest BCUT2D eigenvalue weighted by atomic mass is 10.0. The van der Waals surface area contributed by atoms with E-state index in [1.54, 1.807) is 12.1 Å². The van der Waals surface area contributed by atoms with E-state index in [9.17, 15) is 9.59 Å². The van der Waals surface area contributed by atoms with E-state index < -0.39 is 5.91 Å². The number of nitrogens with one attached hydrogen (secondary N) is 2. The second-order valence-electron chi connectivity index (χ2n) is 6.32. The molecule has 4 N–H and O–H groups in total. The van der Waals surface area contributed by atoms with Gasteiger partial charge < -0.3 is 16.0 Å². The summed E-state index contributed by atoms with van der Waals surface area (Å²) in [7, 11) is 0. The molecule has 0 spiro atoms. The summed E-state index contributed by atoms with van der Waals surface area (Å²) in [6.07, 6.45) is 0.750. The maximum absolute atomic E-state index is 12.6. The normalized spacial score (nSPS) is 12.4. The number of aromatic amines is 1. The molecule has 0 saturated carbocycles. The Hall–Kier alpha value is -2.67. The molecule has 0 aliphatic rings. The number of thiophene rings is 1. The standard InChI is InChI=1S/C18H20N4O2S/c1-10(2)9-13(17-20-11-5-3-4-6-12(11)21-17)22-18(24)15-8-7-14(25-15)16(19)23/h3-8,10,13H,9H2,1-2H3,(H2,19,23)(H,20,21)(H,22,24). The highest BCUT2D eigenvalue weighted by atomic mass is 32.1. The molecule has 3 rings (SSSR count). The molecular formula is C18H20N4O2S. The molecular weight excluding hydrogens is 336 g/mol. The molecule has 130 valence electrons. The topological polar surface area (TPSA) is 101 Å². The first-order valence-corrected chi connectivity index (χ1v) is 8.91. The van der Waals surface area contributed by atoms with Gasteiger partial charge in [-0.15, -0.1) is 11.3 Å². The van der Waals surface area contributed by atoms with Gasteiger partial charge in [-0.05, 0) is 36.6 Å². The van der Waals surface area contributed by atoms with E-state index in [1.807, 2.05) is 24.3 Å². The Morgan fingerprint density at radius 3 is 2.56 bits per heavy atom. The van der Waals surface area contributed by atoms with Crippen molar-refractivity contribution in [3.05, 3.63) is 52.0 Å². The summed E-state index contributed by atoms with van der Waals surface area (Å²) < 4.78 is 0. The van der Waals surface area contributed by atoms with Crippen LogP contribution in [0.1, 0.15) is 51.5 Å². The molecule has 2 heterocycles. The fourth-order valence-corrected chi connectivity index (χ4v) is 3.43. The number of nitrogens with zero attached hydrogens (tertiary/aromatic N) is 1. The van der Waals surface area contributed by atoms with Crippen LogP contribution in [-0.4, -0.2) is 21.8 Å². The molecule has 2 amide bonds. The minimum Gasteiger partial charge on any atom is -0.365 e. The van der Waals surface area contributed by atoms with Crippen molar-refractivity contribution in [3.8, 4) is 0 Å². The summed E-state index contributed by atoms with van der Waals surface area (Å²) in [5.41, 5.74) is 7.06. The molecule has 1 unspecified atom stereocenters. The number of hydrogen-bond acceptors (Lipinski definition) is 4. The maximum atomic E-state index is 12.6. The number of carbonyl (C=O) groups excluding carboxylic acids is 2. The molecule has 1 atom stereocenters. The van der Waals surface area contributed by atoms with Crippen molar-refractivity contribution in [3.63, 3.8) is 0 Å². The van der Waals surface area contributed by atoms with Gasteiger partial charge in [-0.3, -0.25) is 9.59 Å². The Balaban J connectivity index is 1.84. The van der Waals surface area contributed by atoms with Crippen LogP contribution < -0.4 is 11.1 Å². The molecule has 1 aromatic carbocycles. The Labute approximate surface area is 149 Å². The zero-order chi connectivity index (χ0) is 18.0. The van der Waals surface area contributed by atoms with E-state index in [4.69, 9.17) is 5.73 Å². The van der Waals surface area contributed by atoms with Gasteiger partial charge in [0.2, 0.25) is 0 Å². The SMILES string of the molecule is CC(C)CC(NC(=O)c1ccc(C(N)=O)s1)c1nc2ccccc2[nH]1. The minimum atomic E-state index is -0.528. The van der Waals surface area contributed by atoms with Gasteiger partial charge in [-0.2, -0.15) is 0 Å². The number of fused-ring (bicyclic) bond motifs is 1. The van der Waals surface area contributed by atoms with Crippen molar-refractivity contribution in [1.82, 2.24) is 15.3 Å². The third-order valence-corrected chi connectivity index (χ3v) is 4.92. The van der Waals surface area contributed by atoms with Crippen molar-refractivity contribution in [2.45, 2.75) is 26.3 Å². The van der Waals surface area contributed by atoms with Crippen LogP contribution in [0.2, 0.25) is 0 Å². The highest BCUT2D eigenvalue weighted by Crippen LogP contribution is 2.23. The number of rotatable bonds is 6. The van der Waals surface area contributed by atoms with Crippen LogP contribution in [0.3, 0.4) is 0 Å². The van der Waals surface area contributed by atoms with E-state index in [2.05, 4.69) is 29.1 Å². The average molecular weight is 356 g/mol. The highest BCUT2D eigenvalue weighted by molar-refractivity contribution is 7.15. The van der Waals surface area contributed by atoms with Gasteiger partial charge in [-0.1, -0.05) is 26.0 Å². The lowest BCUT2D eigenvalue weighted by molar-refractivity contribution is 0.0933. The van der Waals surface area contributed by atoms with Gasteiger partial charge in [0.15, 0.2) is 0 Å². The lowest BCUT2D eigenvalue weighted by Gasteiger charge is -2.18. The molecule has 6 nitrogen and oxygen atoms in total. The van der Waals surface area contributed by atoms with Gasteiger partial charge in [0.05, 0.1) is 26.8 Å². The number of amides is 2. The predicted molar refractivity (Wildman–Crippen MR) is 98.6 cm³/mol. The molecule has 0 bridgehead atoms. The van der Waals surface area contributed by atoms with Gasteiger partial charge in [0, 0.05) is 0 Å². The molecule has 0 saturated heterocycles. The van der Waals surface area contributed by atoms with Crippen LogP contribution in [0.5, 0.6) is 0 Å². The van der Waals surface area contributed by atoms with Crippen LogP contribution in [0.15, 0.2) is 36.4 Å². The van der Waals surface area contributed by atoms with Crippen LogP contribution in [0.4, 0.5) is 0 Å². The first-order valence-electron chi connectivity index (χ1n) is 8.09. The average Bonchev–Trinajstić information content (AvgIpc) is 3.20. The summed E-state index contributed by atoms with van der Waals surface area (Å²) in [5, 5.41) is 3.02. The first kappa shape index (κ1) is 17.2. The Kier molecular flexibility index (Phi) is 4.85. The number of benzene rings is 1. The number of nitrogens with two attached hydrogens (primary N) is 1. The van der Waals surface area contributed by atoms with Gasteiger partial charge in [0.25, 0.3) is 11.8 Å². The maximum Gasteiger partial charge on any atom is 0.261 e. The summed E-state index contributed by atoms with van der Waals surface area (Å²) >= 11 is 1.09. The second kappa shape index (κ2) is 7.06. The van der Waals surface area contributed by atoms with Crippen molar-refractivity contribution in [1.29, 1.82) is 0 Å². The number of para-hydroxylation sites is 2. The van der Waals surface area contributed by atoms with Gasteiger partial charge in [0.1, 0.15) is 5.82 Å². The zero-order valence-corrected chi connectivity index (χ0v) is 14.9. The minimum absolute atomic E-state index is 0.233. The number of hydrogen-bond donors (Lipinski definition) is 3. The monoisotopic (exact) mass is 356 g/mol. The fourth-order valence-electron chi connectivity index (χ4n) is 2.67. The Morgan fingerprint density at radius 2 is 1.92 bits per heavy atom. The molecule has 25 heavy (non-hydrogen) atoms. The Morgan fingerprint density at radius 1 is 1.20 bits per heavy atom. The van der Waals surface area contributed by atoms with E-state index in [1.165, 1.54) is 0 Å². The highest BCUT2D eigenvalue weighted by Gasteiger charge is 2.21. The number of aromatic nitrogens is 2. The molecule has 2 aromatic heterocycles. The molecule has 0 aliphatic carbocycles. The number of primary amides is 1. The summed E-state index contributed by atoms with van der Waals surface area (Å²) in [5.74, 6) is 0.349. The zero-order valence-electron chi connectivity index (χ0n) is 14.1. The number of imidazole rings is 1. The largest absolute Gasteiger partial charge is 0.365 e. The third-order valence-electron chi connectivity index (χ3n) is 3.82. The van der Waals surface area contributed by atoms with Crippen LogP contribution in [0.25, 0.3) is 11.0 Å². The Bertz CT molecular complexity index is 880. The third kappa shape index (κ3) is 3.88. The first-order chi connectivity index (χ1) is 11.9. The van der Waals surface area contributed by atoms with Gasteiger partial charge in [-0.25, -0.2) is 4.98 Å². The molecule has 0 fully saturated rings. The van der Waals surface area contributed by atoms with Gasteiger partial charge >= 0.3 is 0 Å². The molecule has 0 aliphatic heterocycles. The van der Waals surface area contributed by atoms with Crippen molar-refractivity contribution in [2.75, 3.05) is 0 Å². The quantitative estimate of drug-likeness (QED) is 0.632. The summed E-state index contributed by atoms with van der Waals surface area (Å²) in [6.45, 7) is 4.19. The fraction of sp³-hybridized carbons (Fsp3) is 0.278. The van der Waals surface area contributed by atoms with Crippen molar-refractivity contribution in [2.24, 2.45) is 11.7 Å². The van der Waals surface area contributed by atoms with Crippen LogP contribution >= 0.6 is 11.3 Å². The smallest absolute Gasteiger partial charge is 0.261 e. The van der Waals surface area contributed by atoms with E-state index in [0.717, 1.165) is 34.6 Å². The number of H-pyrrole nitrogens is 1. The van der Waals surface area contributed by atoms with Crippen molar-refractivity contribution < 1.29 is 9.59 Å². The summed E-state index contributed by atoms with van der Waals surface area (Å²) in [4.78, 5) is 32.5. The summed E-state index contributed by atoms with van der Waals surface area (Å²) in [6, 6.07) is 10.7. The van der Waals surface area contributed by atoms with Crippen LogP contribution in [0, 0.1) is 5.92 Å². The van der Waals surface area contributed by atoms with E-state index >= 15 is 0 Å². The van der Waals surface area contributed by atoms with E-state index in [0.29, 0.717) is 15.7 Å². The molecule has 3 aromatic rings. The van der Waals surface area contributed by atoms with Crippen molar-refractivity contribution >= 4 is 34.2 Å². The second-order valence-corrected chi connectivity index (χ2v) is 7.41. The predicted octanol–water partition coefficient (Wildman–Crippen LogP) is 3.24. The van der Waals surface area contributed by atoms with E-state index in [-0.39, 0.29) is 11.9 Å². The lowest BCUT2D eigenvalue weighted by Crippen LogP contribution is -2.29. The molecule has 7 heteroatoms.